The molecule has 0 aliphatic heterocycles. The smallest absolute Gasteiger partial charge is 0.129 e. The first-order valence-corrected chi connectivity index (χ1v) is 7.34. The van der Waals surface area contributed by atoms with Crippen molar-refractivity contribution in [2.75, 3.05) is 6.54 Å². The normalized spacial score (nSPS) is 12.4. The average Bonchev–Trinajstić information content (AvgIpc) is 2.46. The van der Waals surface area contributed by atoms with Gasteiger partial charge in [-0.1, -0.05) is 37.3 Å². The van der Waals surface area contributed by atoms with Crippen LogP contribution in [0.25, 0.3) is 0 Å². The Morgan fingerprint density at radius 2 is 1.86 bits per heavy atom. The van der Waals surface area contributed by atoms with Crippen molar-refractivity contribution in [3.8, 4) is 0 Å². The lowest BCUT2D eigenvalue weighted by molar-refractivity contribution is 0.507. The second-order valence-electron chi connectivity index (χ2n) is 5.30. The van der Waals surface area contributed by atoms with E-state index in [1.807, 2.05) is 12.1 Å². The van der Waals surface area contributed by atoms with Crippen LogP contribution in [0.1, 0.15) is 36.1 Å². The number of hydrogen-bond donors (Lipinski definition) is 1. The lowest BCUT2D eigenvalue weighted by Crippen LogP contribution is -2.25. The van der Waals surface area contributed by atoms with Gasteiger partial charge in [-0.3, -0.25) is 0 Å². The first-order valence-electron chi connectivity index (χ1n) is 7.34. The summed E-state index contributed by atoms with van der Waals surface area (Å²) >= 11 is 0. The molecule has 0 saturated carbocycles. The topological polar surface area (TPSA) is 12.0 Å². The van der Waals surface area contributed by atoms with Gasteiger partial charge in [0.1, 0.15) is 11.6 Å². The third-order valence-corrected chi connectivity index (χ3v) is 3.64. The summed E-state index contributed by atoms with van der Waals surface area (Å²) in [6, 6.07) is 11.9. The maximum atomic E-state index is 13.9. The summed E-state index contributed by atoms with van der Waals surface area (Å²) < 4.78 is 26.9. The molecule has 21 heavy (non-hydrogen) atoms. The van der Waals surface area contributed by atoms with Crippen LogP contribution in [0.3, 0.4) is 0 Å². The van der Waals surface area contributed by atoms with Crippen molar-refractivity contribution in [3.05, 3.63) is 70.8 Å². The first-order chi connectivity index (χ1) is 10.1. The van der Waals surface area contributed by atoms with Crippen molar-refractivity contribution < 1.29 is 8.78 Å². The summed E-state index contributed by atoms with van der Waals surface area (Å²) in [5, 5.41) is 3.46. The number of benzene rings is 2. The molecule has 0 aliphatic rings. The zero-order valence-electron chi connectivity index (χ0n) is 12.5. The monoisotopic (exact) mass is 289 g/mol. The van der Waals surface area contributed by atoms with Crippen LogP contribution in [-0.2, 0) is 6.42 Å². The molecule has 2 aromatic rings. The van der Waals surface area contributed by atoms with Crippen molar-refractivity contribution in [1.29, 1.82) is 0 Å². The van der Waals surface area contributed by atoms with Crippen molar-refractivity contribution in [2.45, 2.75) is 32.7 Å². The molecule has 112 valence electrons. The number of hydrogen-bond acceptors (Lipinski definition) is 1. The lowest BCUT2D eigenvalue weighted by Gasteiger charge is -2.21. The zero-order chi connectivity index (χ0) is 15.2. The molecule has 0 radical (unpaired) electrons. The summed E-state index contributed by atoms with van der Waals surface area (Å²) in [6.07, 6.45) is 1.52. The van der Waals surface area contributed by atoms with Crippen LogP contribution in [0.15, 0.2) is 42.5 Å². The molecule has 1 N–H and O–H groups in total. The van der Waals surface area contributed by atoms with E-state index in [9.17, 15) is 8.78 Å². The molecule has 0 aromatic heterocycles. The molecular weight excluding hydrogens is 268 g/mol. The fourth-order valence-electron chi connectivity index (χ4n) is 2.50. The Labute approximate surface area is 125 Å². The Hall–Kier alpha value is -1.74. The van der Waals surface area contributed by atoms with Gasteiger partial charge in [-0.05, 0) is 49.1 Å². The molecule has 2 aromatic carbocycles. The molecule has 0 aliphatic carbocycles. The third kappa shape index (κ3) is 4.11. The molecule has 1 nitrogen and oxygen atoms in total. The van der Waals surface area contributed by atoms with Crippen LogP contribution >= 0.6 is 0 Å². The van der Waals surface area contributed by atoms with Crippen LogP contribution in [0, 0.1) is 18.6 Å². The Morgan fingerprint density at radius 1 is 1.10 bits per heavy atom. The van der Waals surface area contributed by atoms with E-state index in [0.29, 0.717) is 12.0 Å². The van der Waals surface area contributed by atoms with Crippen LogP contribution in [0.4, 0.5) is 8.78 Å². The van der Waals surface area contributed by atoms with Crippen molar-refractivity contribution >= 4 is 0 Å². The fraction of sp³-hybridized carbons (Fsp3) is 0.333. The van der Waals surface area contributed by atoms with E-state index in [-0.39, 0.29) is 6.04 Å². The fourth-order valence-corrected chi connectivity index (χ4v) is 2.50. The molecule has 0 heterocycles. The van der Waals surface area contributed by atoms with Crippen LogP contribution in [0.5, 0.6) is 0 Å². The second kappa shape index (κ2) is 7.32. The summed E-state index contributed by atoms with van der Waals surface area (Å²) in [6.45, 7) is 5.01. The lowest BCUT2D eigenvalue weighted by atomic mass is 9.95. The van der Waals surface area contributed by atoms with Crippen molar-refractivity contribution in [3.63, 3.8) is 0 Å². The quantitative estimate of drug-likeness (QED) is 0.822. The average molecular weight is 289 g/mol. The summed E-state index contributed by atoms with van der Waals surface area (Å²) in [7, 11) is 0. The van der Waals surface area contributed by atoms with Gasteiger partial charge in [0, 0.05) is 12.1 Å². The second-order valence-corrected chi connectivity index (χ2v) is 5.30. The van der Waals surface area contributed by atoms with E-state index < -0.39 is 11.6 Å². The molecule has 0 spiro atoms. The zero-order valence-corrected chi connectivity index (χ0v) is 12.5. The molecule has 0 saturated heterocycles. The minimum absolute atomic E-state index is 0.0334. The Morgan fingerprint density at radius 3 is 2.52 bits per heavy atom. The van der Waals surface area contributed by atoms with Crippen molar-refractivity contribution in [1.82, 2.24) is 5.32 Å². The maximum absolute atomic E-state index is 13.9. The van der Waals surface area contributed by atoms with E-state index >= 15 is 0 Å². The molecule has 0 amide bonds. The Kier molecular flexibility index (Phi) is 5.45. The minimum Gasteiger partial charge on any atom is -0.310 e. The van der Waals surface area contributed by atoms with Gasteiger partial charge >= 0.3 is 0 Å². The number of aryl methyl sites for hydroxylation is 1. The predicted molar refractivity (Wildman–Crippen MR) is 82.3 cm³/mol. The standard InChI is InChI=1S/C18H21F2N/c1-3-10-21-18(16-7-5-4-6-13(16)2)11-14-8-9-15(19)12-17(14)20/h4-9,12,18,21H,3,10-11H2,1-2H3. The summed E-state index contributed by atoms with van der Waals surface area (Å²) in [5.41, 5.74) is 2.87. The van der Waals surface area contributed by atoms with E-state index in [4.69, 9.17) is 0 Å². The van der Waals surface area contributed by atoms with E-state index in [0.717, 1.165) is 24.6 Å². The Balaban J connectivity index is 2.26. The van der Waals surface area contributed by atoms with Crippen LogP contribution in [-0.4, -0.2) is 6.54 Å². The molecule has 2 rings (SSSR count). The van der Waals surface area contributed by atoms with Gasteiger partial charge in [0.25, 0.3) is 0 Å². The minimum atomic E-state index is -0.537. The summed E-state index contributed by atoms with van der Waals surface area (Å²) in [4.78, 5) is 0. The van der Waals surface area contributed by atoms with Crippen molar-refractivity contribution in [2.24, 2.45) is 0 Å². The molecule has 1 unspecified atom stereocenters. The van der Waals surface area contributed by atoms with Crippen LogP contribution in [0.2, 0.25) is 0 Å². The van der Waals surface area contributed by atoms with E-state index in [1.54, 1.807) is 0 Å². The third-order valence-electron chi connectivity index (χ3n) is 3.64. The molecular formula is C18H21F2N. The van der Waals surface area contributed by atoms with Gasteiger partial charge in [0.05, 0.1) is 0 Å². The SMILES string of the molecule is CCCNC(Cc1ccc(F)cc1F)c1ccccc1C. The van der Waals surface area contributed by atoms with Gasteiger partial charge in [-0.2, -0.15) is 0 Å². The molecule has 0 fully saturated rings. The van der Waals surface area contributed by atoms with Gasteiger partial charge in [0.15, 0.2) is 0 Å². The Bertz CT molecular complexity index is 596. The largest absolute Gasteiger partial charge is 0.310 e. The van der Waals surface area contributed by atoms with Gasteiger partial charge < -0.3 is 5.32 Å². The van der Waals surface area contributed by atoms with E-state index in [1.165, 1.54) is 17.7 Å². The predicted octanol–water partition coefficient (Wildman–Crippen LogP) is 4.56. The molecule has 0 bridgehead atoms. The van der Waals surface area contributed by atoms with Gasteiger partial charge in [0.2, 0.25) is 0 Å². The van der Waals surface area contributed by atoms with Crippen LogP contribution < -0.4 is 5.32 Å². The first kappa shape index (κ1) is 15.6. The number of rotatable bonds is 6. The summed E-state index contributed by atoms with van der Waals surface area (Å²) in [5.74, 6) is -1.02. The van der Waals surface area contributed by atoms with E-state index in [2.05, 4.69) is 31.3 Å². The highest BCUT2D eigenvalue weighted by atomic mass is 19.1. The highest BCUT2D eigenvalue weighted by Crippen LogP contribution is 2.23. The highest BCUT2D eigenvalue weighted by molar-refractivity contribution is 5.31. The highest BCUT2D eigenvalue weighted by Gasteiger charge is 2.16. The molecule has 3 heteroatoms. The number of halogens is 2. The van der Waals surface area contributed by atoms with Gasteiger partial charge in [-0.15, -0.1) is 0 Å². The number of nitrogens with one attached hydrogen (secondary N) is 1. The maximum Gasteiger partial charge on any atom is 0.129 e. The molecule has 1 atom stereocenters. The van der Waals surface area contributed by atoms with Gasteiger partial charge in [-0.25, -0.2) is 8.78 Å².